The molecule has 2 rings (SSSR count). The van der Waals surface area contributed by atoms with E-state index >= 15 is 0 Å². The summed E-state index contributed by atoms with van der Waals surface area (Å²) in [6.45, 7) is 11.9. The Morgan fingerprint density at radius 2 is 1.50 bits per heavy atom. The molecule has 1 saturated heterocycles. The van der Waals surface area contributed by atoms with Crippen LogP contribution in [0, 0.1) is 16.7 Å². The summed E-state index contributed by atoms with van der Waals surface area (Å²) in [7, 11) is 0. The lowest BCUT2D eigenvalue weighted by atomic mass is 9.68. The van der Waals surface area contributed by atoms with Crippen LogP contribution in [-0.2, 0) is 4.74 Å². The van der Waals surface area contributed by atoms with E-state index in [0.717, 1.165) is 5.92 Å². The molecule has 1 heterocycles. The van der Waals surface area contributed by atoms with Gasteiger partial charge in [-0.3, -0.25) is 0 Å². The number of epoxide rings is 1. The second kappa shape index (κ2) is 2.98. The quantitative estimate of drug-likeness (QED) is 0.614. The van der Waals surface area contributed by atoms with Gasteiger partial charge in [-0.05, 0) is 36.0 Å². The number of fused-ring (bicyclic) bond motifs is 1. The average Bonchev–Trinajstić information content (AvgIpc) is 2.53. The molecule has 1 nitrogen and oxygen atoms in total. The monoisotopic (exact) mass is 196 g/mol. The molecule has 0 radical (unpaired) electrons. The zero-order chi connectivity index (χ0) is 10.6. The molecule has 0 amide bonds. The molecule has 0 aromatic carbocycles. The molecule has 1 aliphatic heterocycles. The van der Waals surface area contributed by atoms with Crippen molar-refractivity contribution in [2.24, 2.45) is 16.7 Å². The molecule has 2 unspecified atom stereocenters. The van der Waals surface area contributed by atoms with Crippen molar-refractivity contribution in [1.29, 1.82) is 0 Å². The van der Waals surface area contributed by atoms with E-state index in [-0.39, 0.29) is 0 Å². The van der Waals surface area contributed by atoms with Gasteiger partial charge in [0.1, 0.15) is 0 Å². The molecule has 82 valence electrons. The Labute approximate surface area is 88.2 Å². The van der Waals surface area contributed by atoms with Crippen LogP contribution in [0.25, 0.3) is 0 Å². The van der Waals surface area contributed by atoms with Gasteiger partial charge in [0, 0.05) is 0 Å². The topological polar surface area (TPSA) is 12.5 Å². The third kappa shape index (κ3) is 2.13. The highest BCUT2D eigenvalue weighted by atomic mass is 16.6. The molecule has 1 heteroatoms. The van der Waals surface area contributed by atoms with Gasteiger partial charge in [0.15, 0.2) is 0 Å². The Morgan fingerprint density at radius 1 is 1.00 bits per heavy atom. The molecule has 1 saturated carbocycles. The zero-order valence-electron chi connectivity index (χ0n) is 10.3. The van der Waals surface area contributed by atoms with Gasteiger partial charge < -0.3 is 4.74 Å². The van der Waals surface area contributed by atoms with Crippen molar-refractivity contribution in [3.8, 4) is 0 Å². The first-order valence-corrected chi connectivity index (χ1v) is 5.93. The molecule has 0 aromatic heterocycles. The minimum Gasteiger partial charge on any atom is -0.370 e. The molecule has 2 aliphatic rings. The molecule has 1 aliphatic carbocycles. The van der Waals surface area contributed by atoms with Crippen LogP contribution in [0.3, 0.4) is 0 Å². The Morgan fingerprint density at radius 3 is 1.93 bits per heavy atom. The van der Waals surface area contributed by atoms with Gasteiger partial charge in [-0.25, -0.2) is 0 Å². The van der Waals surface area contributed by atoms with E-state index in [9.17, 15) is 0 Å². The van der Waals surface area contributed by atoms with Crippen molar-refractivity contribution in [2.75, 3.05) is 0 Å². The molecule has 0 spiro atoms. The Hall–Kier alpha value is -0.0400. The molecule has 2 atom stereocenters. The van der Waals surface area contributed by atoms with Gasteiger partial charge in [-0.15, -0.1) is 0 Å². The van der Waals surface area contributed by atoms with Crippen molar-refractivity contribution in [1.82, 2.24) is 0 Å². The van der Waals surface area contributed by atoms with E-state index in [2.05, 4.69) is 34.6 Å². The van der Waals surface area contributed by atoms with E-state index in [1.54, 1.807) is 0 Å². The standard InChI is InChI=1S/C13H24O/c1-12(2,3)8-13(4,5)9-6-10-11(7-9)14-10/h9-11H,6-8H2,1-5H3. The number of hydrogen-bond donors (Lipinski definition) is 0. The van der Waals surface area contributed by atoms with Crippen LogP contribution in [0.5, 0.6) is 0 Å². The second-order valence-corrected chi connectivity index (χ2v) is 7.11. The fourth-order valence-electron chi connectivity index (χ4n) is 3.40. The predicted octanol–water partition coefficient (Wildman–Crippen LogP) is 3.63. The summed E-state index contributed by atoms with van der Waals surface area (Å²) in [5, 5.41) is 0. The SMILES string of the molecule is CC(C)(C)CC(C)(C)C1CC2OC2C1. The molecular weight excluding hydrogens is 172 g/mol. The largest absolute Gasteiger partial charge is 0.370 e. The van der Waals surface area contributed by atoms with Crippen molar-refractivity contribution in [2.45, 2.75) is 66.1 Å². The molecule has 2 fully saturated rings. The fourth-order valence-corrected chi connectivity index (χ4v) is 3.40. The molecule has 0 aromatic rings. The summed E-state index contributed by atoms with van der Waals surface area (Å²) in [6, 6.07) is 0. The van der Waals surface area contributed by atoms with Crippen LogP contribution in [0.2, 0.25) is 0 Å². The van der Waals surface area contributed by atoms with Gasteiger partial charge >= 0.3 is 0 Å². The lowest BCUT2D eigenvalue weighted by molar-refractivity contribution is 0.101. The molecule has 0 N–H and O–H groups in total. The van der Waals surface area contributed by atoms with Crippen LogP contribution in [0.15, 0.2) is 0 Å². The van der Waals surface area contributed by atoms with Gasteiger partial charge in [-0.1, -0.05) is 34.6 Å². The lowest BCUT2D eigenvalue weighted by Crippen LogP contribution is -2.28. The summed E-state index contributed by atoms with van der Waals surface area (Å²) in [4.78, 5) is 0. The van der Waals surface area contributed by atoms with E-state index in [1.807, 2.05) is 0 Å². The summed E-state index contributed by atoms with van der Waals surface area (Å²) in [5.41, 5.74) is 0.951. The Balaban J connectivity index is 1.94. The summed E-state index contributed by atoms with van der Waals surface area (Å²) in [5.74, 6) is 0.894. The minimum atomic E-state index is 0.455. The maximum absolute atomic E-state index is 5.51. The molecule has 14 heavy (non-hydrogen) atoms. The highest BCUT2D eigenvalue weighted by Crippen LogP contribution is 2.52. The zero-order valence-corrected chi connectivity index (χ0v) is 10.3. The number of ether oxygens (including phenoxy) is 1. The van der Waals surface area contributed by atoms with Gasteiger partial charge in [0.05, 0.1) is 12.2 Å². The lowest BCUT2D eigenvalue weighted by Gasteiger charge is -2.38. The van der Waals surface area contributed by atoms with Gasteiger partial charge in [-0.2, -0.15) is 0 Å². The first-order valence-electron chi connectivity index (χ1n) is 5.93. The maximum atomic E-state index is 5.51. The summed E-state index contributed by atoms with van der Waals surface area (Å²) in [6.07, 6.45) is 5.23. The smallest absolute Gasteiger partial charge is 0.0844 e. The van der Waals surface area contributed by atoms with Crippen LogP contribution >= 0.6 is 0 Å². The molecular formula is C13H24O. The highest BCUT2D eigenvalue weighted by molar-refractivity contribution is 5.00. The Bertz CT molecular complexity index is 214. The third-order valence-electron chi connectivity index (χ3n) is 3.81. The van der Waals surface area contributed by atoms with Crippen LogP contribution in [0.1, 0.15) is 53.9 Å². The van der Waals surface area contributed by atoms with E-state index < -0.39 is 0 Å². The van der Waals surface area contributed by atoms with E-state index in [4.69, 9.17) is 4.74 Å². The van der Waals surface area contributed by atoms with Crippen LogP contribution in [-0.4, -0.2) is 12.2 Å². The fraction of sp³-hybridized carbons (Fsp3) is 1.00. The minimum absolute atomic E-state index is 0.455. The van der Waals surface area contributed by atoms with Crippen molar-refractivity contribution >= 4 is 0 Å². The van der Waals surface area contributed by atoms with Crippen LogP contribution in [0.4, 0.5) is 0 Å². The number of rotatable bonds is 2. The first kappa shape index (κ1) is 10.5. The predicted molar refractivity (Wildman–Crippen MR) is 59.2 cm³/mol. The Kier molecular flexibility index (Phi) is 2.23. The van der Waals surface area contributed by atoms with E-state index in [0.29, 0.717) is 23.0 Å². The summed E-state index contributed by atoms with van der Waals surface area (Å²) >= 11 is 0. The van der Waals surface area contributed by atoms with Crippen LogP contribution < -0.4 is 0 Å². The van der Waals surface area contributed by atoms with Crippen molar-refractivity contribution < 1.29 is 4.74 Å². The second-order valence-electron chi connectivity index (χ2n) is 7.11. The van der Waals surface area contributed by atoms with Crippen molar-refractivity contribution in [3.63, 3.8) is 0 Å². The summed E-state index contributed by atoms with van der Waals surface area (Å²) < 4.78 is 5.51. The van der Waals surface area contributed by atoms with Gasteiger partial charge in [0.2, 0.25) is 0 Å². The number of hydrogen-bond acceptors (Lipinski definition) is 1. The van der Waals surface area contributed by atoms with Gasteiger partial charge in [0.25, 0.3) is 0 Å². The first-order chi connectivity index (χ1) is 6.28. The molecule has 0 bridgehead atoms. The normalized spacial score (nSPS) is 37.1. The maximum Gasteiger partial charge on any atom is 0.0844 e. The van der Waals surface area contributed by atoms with E-state index in [1.165, 1.54) is 19.3 Å². The highest BCUT2D eigenvalue weighted by Gasteiger charge is 2.52. The third-order valence-corrected chi connectivity index (χ3v) is 3.81. The van der Waals surface area contributed by atoms with Crippen molar-refractivity contribution in [3.05, 3.63) is 0 Å². The average molecular weight is 196 g/mol.